The highest BCUT2D eigenvalue weighted by molar-refractivity contribution is 7.98. The van der Waals surface area contributed by atoms with Crippen molar-refractivity contribution in [3.05, 3.63) is 64.3 Å². The highest BCUT2D eigenvalue weighted by Crippen LogP contribution is 2.34. The van der Waals surface area contributed by atoms with Crippen LogP contribution in [0, 0.1) is 11.3 Å². The van der Waals surface area contributed by atoms with Gasteiger partial charge in [0.2, 0.25) is 0 Å². The quantitative estimate of drug-likeness (QED) is 0.407. The monoisotopic (exact) mass is 451 g/mol. The summed E-state index contributed by atoms with van der Waals surface area (Å²) in [6.07, 6.45) is -2.15. The smallest absolute Gasteiger partial charge is 0.417 e. The van der Waals surface area contributed by atoms with Crippen LogP contribution in [0.15, 0.2) is 41.6 Å². The van der Waals surface area contributed by atoms with Gasteiger partial charge in [0.15, 0.2) is 5.82 Å². The van der Waals surface area contributed by atoms with E-state index in [0.29, 0.717) is 11.6 Å². The number of benzene rings is 1. The molecule has 0 saturated heterocycles. The average Bonchev–Trinajstić information content (AvgIpc) is 3.19. The zero-order valence-electron chi connectivity index (χ0n) is 15.4. The van der Waals surface area contributed by atoms with E-state index in [1.54, 1.807) is 37.5 Å². The molecule has 11 heteroatoms. The molecule has 1 N–H and O–H groups in total. The molecule has 3 aromatic rings. The van der Waals surface area contributed by atoms with Crippen molar-refractivity contribution in [1.82, 2.24) is 20.2 Å². The number of H-pyrrole nitrogens is 1. The van der Waals surface area contributed by atoms with Crippen LogP contribution in [0.1, 0.15) is 22.8 Å². The van der Waals surface area contributed by atoms with E-state index in [0.717, 1.165) is 29.6 Å². The lowest BCUT2D eigenvalue weighted by Gasteiger charge is -2.08. The minimum absolute atomic E-state index is 0.105. The number of hydrogen-bond acceptors (Lipinski definition) is 6. The number of nitrogens with zero attached hydrogens (tertiary/aromatic N) is 4. The summed E-state index contributed by atoms with van der Waals surface area (Å²) < 4.78 is 43.2. The van der Waals surface area contributed by atoms with Gasteiger partial charge in [-0.25, -0.2) is 9.97 Å². The molecule has 3 rings (SSSR count). The second-order valence-electron chi connectivity index (χ2n) is 5.85. The van der Waals surface area contributed by atoms with Gasteiger partial charge >= 0.3 is 6.18 Å². The standard InChI is InChI=1S/C19H13ClF3N5OS/c1-29-14-4-2-11(3-5-14)6-12(8-24)17-26-16(27-28-17)10-30-18-15(20)7-13(9-25-18)19(21,22)23/h2-7,9H,10H2,1H3,(H,26,27,28)/b12-6-. The molecule has 0 fully saturated rings. The van der Waals surface area contributed by atoms with Gasteiger partial charge in [0.05, 0.1) is 29.0 Å². The fourth-order valence-electron chi connectivity index (χ4n) is 2.32. The van der Waals surface area contributed by atoms with E-state index in [-0.39, 0.29) is 27.2 Å². The molecule has 0 amide bonds. The highest BCUT2D eigenvalue weighted by Gasteiger charge is 2.31. The number of hydrogen-bond donors (Lipinski definition) is 1. The number of pyridine rings is 1. The lowest BCUT2D eigenvalue weighted by molar-refractivity contribution is -0.137. The van der Waals surface area contributed by atoms with Crippen LogP contribution in [-0.4, -0.2) is 27.3 Å². The molecular weight excluding hydrogens is 439 g/mol. The van der Waals surface area contributed by atoms with E-state index in [1.165, 1.54) is 0 Å². The lowest BCUT2D eigenvalue weighted by atomic mass is 10.1. The van der Waals surface area contributed by atoms with Crippen molar-refractivity contribution in [2.24, 2.45) is 0 Å². The Labute approximate surface area is 178 Å². The summed E-state index contributed by atoms with van der Waals surface area (Å²) >= 11 is 7.00. The Morgan fingerprint density at radius 1 is 1.33 bits per heavy atom. The molecule has 2 aromatic heterocycles. The molecule has 0 spiro atoms. The summed E-state index contributed by atoms with van der Waals surface area (Å²) in [4.78, 5) is 8.02. The van der Waals surface area contributed by atoms with E-state index >= 15 is 0 Å². The van der Waals surface area contributed by atoms with Gasteiger partial charge in [-0.2, -0.15) is 23.5 Å². The molecule has 0 radical (unpaired) electrons. The summed E-state index contributed by atoms with van der Waals surface area (Å²) in [5, 5.41) is 16.3. The Kier molecular flexibility index (Phi) is 6.64. The van der Waals surface area contributed by atoms with Gasteiger partial charge in [-0.15, -0.1) is 0 Å². The second-order valence-corrected chi connectivity index (χ2v) is 7.22. The number of alkyl halides is 3. The fraction of sp³-hybridized carbons (Fsp3) is 0.158. The van der Waals surface area contributed by atoms with Crippen LogP contribution >= 0.6 is 23.4 Å². The van der Waals surface area contributed by atoms with Crippen LogP contribution in [0.4, 0.5) is 13.2 Å². The number of aromatic nitrogens is 4. The number of rotatable bonds is 6. The predicted octanol–water partition coefficient (Wildman–Crippen LogP) is 5.24. The molecule has 30 heavy (non-hydrogen) atoms. The van der Waals surface area contributed by atoms with Crippen LogP contribution in [0.3, 0.4) is 0 Å². The van der Waals surface area contributed by atoms with Crippen molar-refractivity contribution >= 4 is 35.0 Å². The van der Waals surface area contributed by atoms with E-state index in [2.05, 4.69) is 26.2 Å². The van der Waals surface area contributed by atoms with Gasteiger partial charge in [-0.3, -0.25) is 5.10 Å². The maximum atomic E-state index is 12.7. The van der Waals surface area contributed by atoms with Gasteiger partial charge in [0.1, 0.15) is 22.7 Å². The Morgan fingerprint density at radius 2 is 2.07 bits per heavy atom. The molecule has 6 nitrogen and oxygen atoms in total. The number of ether oxygens (including phenoxy) is 1. The number of nitrogens with one attached hydrogen (secondary N) is 1. The van der Waals surface area contributed by atoms with Crippen molar-refractivity contribution in [3.63, 3.8) is 0 Å². The third kappa shape index (κ3) is 5.31. The Morgan fingerprint density at radius 3 is 2.67 bits per heavy atom. The summed E-state index contributed by atoms with van der Waals surface area (Å²) in [7, 11) is 1.56. The largest absolute Gasteiger partial charge is 0.497 e. The highest BCUT2D eigenvalue weighted by atomic mass is 35.5. The summed E-state index contributed by atoms with van der Waals surface area (Å²) in [5.74, 6) is 1.55. The van der Waals surface area contributed by atoms with E-state index in [1.807, 2.05) is 0 Å². The molecule has 0 aliphatic heterocycles. The van der Waals surface area contributed by atoms with Crippen LogP contribution in [0.2, 0.25) is 5.02 Å². The minimum atomic E-state index is -4.51. The zero-order chi connectivity index (χ0) is 21.7. The minimum Gasteiger partial charge on any atom is -0.497 e. The summed E-state index contributed by atoms with van der Waals surface area (Å²) in [6.45, 7) is 0. The average molecular weight is 452 g/mol. The van der Waals surface area contributed by atoms with Crippen molar-refractivity contribution in [2.45, 2.75) is 17.0 Å². The van der Waals surface area contributed by atoms with Gasteiger partial charge in [0.25, 0.3) is 0 Å². The molecular formula is C19H13ClF3N5OS. The molecule has 0 atom stereocenters. The molecule has 2 heterocycles. The van der Waals surface area contributed by atoms with Crippen molar-refractivity contribution in [2.75, 3.05) is 7.11 Å². The van der Waals surface area contributed by atoms with Gasteiger partial charge in [-0.05, 0) is 29.8 Å². The first-order valence-corrected chi connectivity index (χ1v) is 9.69. The maximum absolute atomic E-state index is 12.7. The fourth-order valence-corrected chi connectivity index (χ4v) is 3.37. The van der Waals surface area contributed by atoms with E-state index in [9.17, 15) is 18.4 Å². The molecule has 0 aliphatic carbocycles. The van der Waals surface area contributed by atoms with Crippen LogP contribution < -0.4 is 4.74 Å². The predicted molar refractivity (Wildman–Crippen MR) is 107 cm³/mol. The van der Waals surface area contributed by atoms with E-state index in [4.69, 9.17) is 16.3 Å². The molecule has 0 saturated carbocycles. The van der Waals surface area contributed by atoms with Crippen molar-refractivity contribution < 1.29 is 17.9 Å². The third-order valence-electron chi connectivity index (χ3n) is 3.80. The molecule has 0 unspecified atom stereocenters. The van der Waals surface area contributed by atoms with Crippen molar-refractivity contribution in [3.8, 4) is 11.8 Å². The molecule has 154 valence electrons. The molecule has 0 bridgehead atoms. The Hall–Kier alpha value is -3.03. The van der Waals surface area contributed by atoms with Gasteiger partial charge in [-0.1, -0.05) is 35.5 Å². The van der Waals surface area contributed by atoms with Crippen LogP contribution in [-0.2, 0) is 11.9 Å². The normalized spacial score (nSPS) is 11.9. The number of halogens is 4. The van der Waals surface area contributed by atoms with Crippen LogP contribution in [0.25, 0.3) is 11.6 Å². The van der Waals surface area contributed by atoms with Crippen LogP contribution in [0.5, 0.6) is 5.75 Å². The first kappa shape index (κ1) is 21.7. The van der Waals surface area contributed by atoms with Gasteiger partial charge in [0, 0.05) is 6.20 Å². The first-order chi connectivity index (χ1) is 14.3. The maximum Gasteiger partial charge on any atom is 0.417 e. The third-order valence-corrected chi connectivity index (χ3v) is 5.22. The van der Waals surface area contributed by atoms with E-state index < -0.39 is 11.7 Å². The lowest BCUT2D eigenvalue weighted by Crippen LogP contribution is -2.05. The van der Waals surface area contributed by atoms with Crippen molar-refractivity contribution in [1.29, 1.82) is 5.26 Å². The number of aromatic amines is 1. The Bertz CT molecular complexity index is 1110. The second kappa shape index (κ2) is 9.19. The van der Waals surface area contributed by atoms with Gasteiger partial charge < -0.3 is 4.74 Å². The molecule has 1 aromatic carbocycles. The Balaban J connectivity index is 1.71. The summed E-state index contributed by atoms with van der Waals surface area (Å²) in [6, 6.07) is 9.99. The molecule has 0 aliphatic rings. The summed E-state index contributed by atoms with van der Waals surface area (Å²) in [5.41, 5.74) is 0.105. The first-order valence-electron chi connectivity index (χ1n) is 8.33. The topological polar surface area (TPSA) is 87.5 Å². The number of methoxy groups -OCH3 is 1. The number of allylic oxidation sites excluding steroid dienone is 1. The zero-order valence-corrected chi connectivity index (χ0v) is 16.9. The number of nitriles is 1. The SMILES string of the molecule is COc1ccc(/C=C(/C#N)c2n[nH]c(CSc3ncc(C(F)(F)F)cc3Cl)n2)cc1. The number of thioether (sulfide) groups is 1.